The van der Waals surface area contributed by atoms with Crippen LogP contribution in [0.15, 0.2) is 18.2 Å². The van der Waals surface area contributed by atoms with Gasteiger partial charge >= 0.3 is 0 Å². The van der Waals surface area contributed by atoms with Crippen LogP contribution in [0.1, 0.15) is 36.0 Å². The predicted octanol–water partition coefficient (Wildman–Crippen LogP) is 1.83. The Hall–Kier alpha value is -1.62. The lowest BCUT2D eigenvalue weighted by Gasteiger charge is -2.27. The fraction of sp³-hybridized carbons (Fsp3) is 0.500. The molecule has 1 aromatic rings. The van der Waals surface area contributed by atoms with Gasteiger partial charge < -0.3 is 15.8 Å². The van der Waals surface area contributed by atoms with Gasteiger partial charge in [0.15, 0.2) is 0 Å². The minimum atomic E-state index is -0.565. The molecule has 2 rings (SSSR count). The van der Waals surface area contributed by atoms with Crippen LogP contribution in [0.25, 0.3) is 0 Å². The van der Waals surface area contributed by atoms with E-state index in [2.05, 4.69) is 5.32 Å². The van der Waals surface area contributed by atoms with Gasteiger partial charge in [-0.05, 0) is 37.8 Å². The van der Waals surface area contributed by atoms with Crippen molar-refractivity contribution in [2.75, 3.05) is 7.11 Å². The van der Waals surface area contributed by atoms with Crippen LogP contribution in [0.2, 0.25) is 0 Å². The van der Waals surface area contributed by atoms with Gasteiger partial charge in [-0.1, -0.05) is 6.07 Å². The Morgan fingerprint density at radius 1 is 1.37 bits per heavy atom. The molecule has 0 saturated heterocycles. The molecule has 1 aliphatic rings. The molecule has 4 nitrogen and oxygen atoms in total. The van der Waals surface area contributed by atoms with Crippen molar-refractivity contribution in [1.29, 1.82) is 0 Å². The quantitative estimate of drug-likeness (QED) is 0.877. The molecule has 0 spiro atoms. The second kappa shape index (κ2) is 6.02. The van der Waals surface area contributed by atoms with Gasteiger partial charge in [0.05, 0.1) is 7.11 Å². The molecule has 1 saturated carbocycles. The summed E-state index contributed by atoms with van der Waals surface area (Å²) in [5.41, 5.74) is 5.79. The normalized spacial score (nSPS) is 22.9. The summed E-state index contributed by atoms with van der Waals surface area (Å²) >= 11 is 0. The molecule has 3 N–H and O–H groups in total. The second-order valence-electron chi connectivity index (χ2n) is 4.90. The number of carbonyl (C=O) groups is 1. The third-order valence-corrected chi connectivity index (χ3v) is 3.53. The number of methoxy groups -OCH3 is 1. The Bertz CT molecular complexity index is 457. The van der Waals surface area contributed by atoms with Gasteiger partial charge in [0, 0.05) is 12.1 Å². The van der Waals surface area contributed by atoms with Gasteiger partial charge in [-0.3, -0.25) is 4.79 Å². The van der Waals surface area contributed by atoms with E-state index in [1.807, 2.05) is 0 Å². The molecular formula is C14H19FN2O2. The van der Waals surface area contributed by atoms with Gasteiger partial charge in [0.1, 0.15) is 17.1 Å². The summed E-state index contributed by atoms with van der Waals surface area (Å²) in [6.07, 6.45) is 3.45. The first-order valence-corrected chi connectivity index (χ1v) is 6.50. The summed E-state index contributed by atoms with van der Waals surface area (Å²) in [4.78, 5) is 12.1. The second-order valence-corrected chi connectivity index (χ2v) is 4.90. The molecule has 0 unspecified atom stereocenters. The Morgan fingerprint density at radius 2 is 2.05 bits per heavy atom. The maximum absolute atomic E-state index is 13.7. The summed E-state index contributed by atoms with van der Waals surface area (Å²) in [7, 11) is 1.42. The van der Waals surface area contributed by atoms with Crippen molar-refractivity contribution < 1.29 is 13.9 Å². The van der Waals surface area contributed by atoms with E-state index >= 15 is 0 Å². The van der Waals surface area contributed by atoms with Gasteiger partial charge in [-0.2, -0.15) is 0 Å². The van der Waals surface area contributed by atoms with Crippen LogP contribution >= 0.6 is 0 Å². The van der Waals surface area contributed by atoms with E-state index in [4.69, 9.17) is 10.5 Å². The van der Waals surface area contributed by atoms with Gasteiger partial charge in [0.25, 0.3) is 5.91 Å². The Morgan fingerprint density at radius 3 is 2.68 bits per heavy atom. The molecule has 0 bridgehead atoms. The van der Waals surface area contributed by atoms with Gasteiger partial charge in [0.2, 0.25) is 0 Å². The number of benzene rings is 1. The Labute approximate surface area is 112 Å². The molecule has 0 aliphatic heterocycles. The largest absolute Gasteiger partial charge is 0.496 e. The molecule has 19 heavy (non-hydrogen) atoms. The smallest absolute Gasteiger partial charge is 0.258 e. The van der Waals surface area contributed by atoms with Gasteiger partial charge in [-0.15, -0.1) is 0 Å². The summed E-state index contributed by atoms with van der Waals surface area (Å²) < 4.78 is 18.8. The summed E-state index contributed by atoms with van der Waals surface area (Å²) in [5, 5.41) is 2.86. The van der Waals surface area contributed by atoms with Crippen LogP contribution in [0.4, 0.5) is 4.39 Å². The van der Waals surface area contributed by atoms with Crippen LogP contribution in [-0.2, 0) is 0 Å². The molecule has 0 atom stereocenters. The van der Waals surface area contributed by atoms with E-state index in [-0.39, 0.29) is 23.4 Å². The molecule has 1 aliphatic carbocycles. The Kier molecular flexibility index (Phi) is 4.37. The van der Waals surface area contributed by atoms with Crippen molar-refractivity contribution >= 4 is 5.91 Å². The number of halogens is 1. The van der Waals surface area contributed by atoms with E-state index in [1.54, 1.807) is 6.07 Å². The highest BCUT2D eigenvalue weighted by molar-refractivity contribution is 5.97. The highest BCUT2D eigenvalue weighted by Gasteiger charge is 2.23. The van der Waals surface area contributed by atoms with Crippen LogP contribution < -0.4 is 15.8 Å². The molecule has 1 amide bonds. The third kappa shape index (κ3) is 3.23. The minimum absolute atomic E-state index is 0.0279. The van der Waals surface area contributed by atoms with Crippen LogP contribution in [0.5, 0.6) is 5.75 Å². The van der Waals surface area contributed by atoms with E-state index in [0.717, 1.165) is 25.7 Å². The zero-order valence-corrected chi connectivity index (χ0v) is 11.0. The molecule has 1 aromatic carbocycles. The highest BCUT2D eigenvalue weighted by Crippen LogP contribution is 2.23. The number of carbonyl (C=O) groups excluding carboxylic acids is 1. The highest BCUT2D eigenvalue weighted by atomic mass is 19.1. The van der Waals surface area contributed by atoms with E-state index in [9.17, 15) is 9.18 Å². The molecule has 1 fully saturated rings. The van der Waals surface area contributed by atoms with Crippen molar-refractivity contribution in [2.45, 2.75) is 37.8 Å². The lowest BCUT2D eigenvalue weighted by Crippen LogP contribution is -2.40. The fourth-order valence-electron chi connectivity index (χ4n) is 2.42. The number of hydrogen-bond acceptors (Lipinski definition) is 3. The van der Waals surface area contributed by atoms with Crippen molar-refractivity contribution in [1.82, 2.24) is 5.32 Å². The maximum atomic E-state index is 13.7. The predicted molar refractivity (Wildman–Crippen MR) is 70.6 cm³/mol. The van der Waals surface area contributed by atoms with E-state index < -0.39 is 11.7 Å². The summed E-state index contributed by atoms with van der Waals surface area (Å²) in [6.45, 7) is 0. The average molecular weight is 266 g/mol. The van der Waals surface area contributed by atoms with Crippen LogP contribution in [0, 0.1) is 5.82 Å². The zero-order valence-electron chi connectivity index (χ0n) is 11.0. The summed E-state index contributed by atoms with van der Waals surface area (Å²) in [5.74, 6) is -0.732. The number of nitrogens with one attached hydrogen (secondary N) is 1. The lowest BCUT2D eigenvalue weighted by atomic mass is 9.91. The number of rotatable bonds is 3. The standard InChI is InChI=1S/C14H19FN2O2/c1-19-12-4-2-3-11(15)13(12)14(18)17-10-7-5-9(16)6-8-10/h2-4,9-10H,5-8,16H2,1H3,(H,17,18). The topological polar surface area (TPSA) is 64.3 Å². The van der Waals surface area contributed by atoms with Crippen molar-refractivity contribution in [3.63, 3.8) is 0 Å². The average Bonchev–Trinajstić information content (AvgIpc) is 2.40. The van der Waals surface area contributed by atoms with Gasteiger partial charge in [-0.25, -0.2) is 4.39 Å². The zero-order chi connectivity index (χ0) is 13.8. The Balaban J connectivity index is 2.08. The van der Waals surface area contributed by atoms with Crippen LogP contribution in [-0.4, -0.2) is 25.1 Å². The molecule has 104 valence electrons. The van der Waals surface area contributed by atoms with Crippen molar-refractivity contribution in [3.05, 3.63) is 29.6 Å². The molecule has 5 heteroatoms. The number of nitrogens with two attached hydrogens (primary N) is 1. The van der Waals surface area contributed by atoms with E-state index in [0.29, 0.717) is 0 Å². The van der Waals surface area contributed by atoms with Crippen LogP contribution in [0.3, 0.4) is 0 Å². The first kappa shape index (κ1) is 13.8. The lowest BCUT2D eigenvalue weighted by molar-refractivity contribution is 0.0918. The third-order valence-electron chi connectivity index (χ3n) is 3.53. The molecule has 0 heterocycles. The molecule has 0 aromatic heterocycles. The fourth-order valence-corrected chi connectivity index (χ4v) is 2.42. The minimum Gasteiger partial charge on any atom is -0.496 e. The first-order valence-electron chi connectivity index (χ1n) is 6.50. The SMILES string of the molecule is COc1cccc(F)c1C(=O)NC1CCC(N)CC1. The number of ether oxygens (including phenoxy) is 1. The maximum Gasteiger partial charge on any atom is 0.258 e. The summed E-state index contributed by atoms with van der Waals surface area (Å²) in [6, 6.07) is 4.64. The number of amides is 1. The molecule has 0 radical (unpaired) electrons. The monoisotopic (exact) mass is 266 g/mol. The number of hydrogen-bond donors (Lipinski definition) is 2. The first-order chi connectivity index (χ1) is 9.11. The van der Waals surface area contributed by atoms with E-state index in [1.165, 1.54) is 19.2 Å². The van der Waals surface area contributed by atoms with Crippen molar-refractivity contribution in [2.24, 2.45) is 5.73 Å². The van der Waals surface area contributed by atoms with Crippen molar-refractivity contribution in [3.8, 4) is 5.75 Å². The molecular weight excluding hydrogens is 247 g/mol.